The number of hydrogen-bond acceptors (Lipinski definition) is 3. The molecule has 1 rings (SSSR count). The molecule has 0 radical (unpaired) electrons. The molecule has 5 heteroatoms. The van der Waals surface area contributed by atoms with Gasteiger partial charge in [-0.15, -0.1) is 11.3 Å². The minimum atomic E-state index is -0.220. The van der Waals surface area contributed by atoms with Crippen LogP contribution in [0.4, 0.5) is 0 Å². The van der Waals surface area contributed by atoms with Crippen LogP contribution in [0, 0.1) is 0 Å². The maximum absolute atomic E-state index is 11.2. The molecule has 15 heavy (non-hydrogen) atoms. The number of hydrogen-bond donors (Lipinski definition) is 2. The van der Waals surface area contributed by atoms with Crippen molar-refractivity contribution < 1.29 is 9.59 Å². The van der Waals surface area contributed by atoms with Crippen LogP contribution in [0.1, 0.15) is 24.3 Å². The van der Waals surface area contributed by atoms with E-state index in [1.54, 1.807) is 7.05 Å². The highest BCUT2D eigenvalue weighted by Crippen LogP contribution is 2.21. The van der Waals surface area contributed by atoms with E-state index in [9.17, 15) is 9.59 Å². The molecule has 0 fully saturated rings. The van der Waals surface area contributed by atoms with Crippen LogP contribution >= 0.6 is 11.3 Å². The Labute approximate surface area is 92.7 Å². The molecule has 0 aliphatic carbocycles. The van der Waals surface area contributed by atoms with Crippen molar-refractivity contribution in [1.29, 1.82) is 0 Å². The first-order valence-corrected chi connectivity index (χ1v) is 5.52. The minimum Gasteiger partial charge on any atom is -0.359 e. The topological polar surface area (TPSA) is 58.2 Å². The van der Waals surface area contributed by atoms with E-state index in [0.29, 0.717) is 0 Å². The number of nitrogens with one attached hydrogen (secondary N) is 2. The number of thiophene rings is 1. The second-order valence-electron chi connectivity index (χ2n) is 3.15. The third-order valence-corrected chi connectivity index (χ3v) is 2.92. The first-order chi connectivity index (χ1) is 7.13. The van der Waals surface area contributed by atoms with Gasteiger partial charge in [0.2, 0.25) is 11.8 Å². The maximum atomic E-state index is 11.2. The quantitative estimate of drug-likeness (QED) is 0.806. The van der Waals surface area contributed by atoms with E-state index in [-0.39, 0.29) is 24.3 Å². The lowest BCUT2D eigenvalue weighted by atomic mass is 10.1. The zero-order chi connectivity index (χ0) is 11.3. The Morgan fingerprint density at radius 3 is 2.73 bits per heavy atom. The molecule has 4 nitrogen and oxygen atoms in total. The van der Waals surface area contributed by atoms with Crippen molar-refractivity contribution in [2.24, 2.45) is 0 Å². The maximum Gasteiger partial charge on any atom is 0.222 e. The average Bonchev–Trinajstić information content (AvgIpc) is 2.68. The van der Waals surface area contributed by atoms with Crippen LogP contribution in [0.2, 0.25) is 0 Å². The largest absolute Gasteiger partial charge is 0.359 e. The second kappa shape index (κ2) is 5.50. The van der Waals surface area contributed by atoms with Crippen molar-refractivity contribution in [3.8, 4) is 0 Å². The summed E-state index contributed by atoms with van der Waals surface area (Å²) in [4.78, 5) is 23.2. The Bertz CT molecular complexity index is 335. The molecule has 1 aromatic heterocycles. The van der Waals surface area contributed by atoms with Gasteiger partial charge in [0.15, 0.2) is 0 Å². The Balaban J connectivity index is 2.70. The van der Waals surface area contributed by atoms with Crippen LogP contribution < -0.4 is 10.6 Å². The summed E-state index contributed by atoms with van der Waals surface area (Å²) in [5.74, 6) is -0.209. The van der Waals surface area contributed by atoms with Gasteiger partial charge < -0.3 is 10.6 Å². The lowest BCUT2D eigenvalue weighted by Gasteiger charge is -2.15. The zero-order valence-electron chi connectivity index (χ0n) is 8.74. The summed E-state index contributed by atoms with van der Waals surface area (Å²) in [6.45, 7) is 1.45. The number of carbonyl (C=O) groups excluding carboxylic acids is 2. The van der Waals surface area contributed by atoms with Crippen LogP contribution in [0.15, 0.2) is 17.5 Å². The molecule has 0 saturated carbocycles. The Hall–Kier alpha value is -1.36. The lowest BCUT2D eigenvalue weighted by Crippen LogP contribution is -2.30. The SMILES string of the molecule is CNC(=O)CC(NC(C)=O)c1cccs1. The van der Waals surface area contributed by atoms with Crippen LogP contribution in [-0.4, -0.2) is 18.9 Å². The van der Waals surface area contributed by atoms with Crippen molar-refractivity contribution in [3.63, 3.8) is 0 Å². The van der Waals surface area contributed by atoms with Crippen LogP contribution in [0.5, 0.6) is 0 Å². The highest BCUT2D eigenvalue weighted by atomic mass is 32.1. The lowest BCUT2D eigenvalue weighted by molar-refractivity contribution is -0.122. The van der Waals surface area contributed by atoms with Gasteiger partial charge in [0.05, 0.1) is 12.5 Å². The van der Waals surface area contributed by atoms with Crippen LogP contribution in [-0.2, 0) is 9.59 Å². The molecule has 0 bridgehead atoms. The van der Waals surface area contributed by atoms with Gasteiger partial charge in [-0.3, -0.25) is 9.59 Å². The first kappa shape index (κ1) is 11.7. The van der Waals surface area contributed by atoms with Gasteiger partial charge in [-0.1, -0.05) is 6.07 Å². The molecule has 2 amide bonds. The Morgan fingerprint density at radius 2 is 2.27 bits per heavy atom. The van der Waals surface area contributed by atoms with Crippen molar-refractivity contribution in [3.05, 3.63) is 22.4 Å². The van der Waals surface area contributed by atoms with E-state index < -0.39 is 0 Å². The molecular formula is C10H14N2O2S. The molecule has 82 valence electrons. The fraction of sp³-hybridized carbons (Fsp3) is 0.400. The van der Waals surface area contributed by atoms with Gasteiger partial charge in [0.1, 0.15) is 0 Å². The van der Waals surface area contributed by atoms with Gasteiger partial charge in [0, 0.05) is 18.8 Å². The van der Waals surface area contributed by atoms with Crippen LogP contribution in [0.25, 0.3) is 0 Å². The molecule has 0 aliphatic heterocycles. The molecule has 1 aromatic rings. The molecule has 1 heterocycles. The van der Waals surface area contributed by atoms with Gasteiger partial charge >= 0.3 is 0 Å². The fourth-order valence-corrected chi connectivity index (χ4v) is 2.02. The fourth-order valence-electron chi connectivity index (χ4n) is 1.25. The number of carbonyl (C=O) groups is 2. The predicted molar refractivity (Wildman–Crippen MR) is 59.6 cm³/mol. The summed E-state index contributed by atoms with van der Waals surface area (Å²) >= 11 is 1.53. The van der Waals surface area contributed by atoms with E-state index in [2.05, 4.69) is 10.6 Å². The Morgan fingerprint density at radius 1 is 1.53 bits per heavy atom. The second-order valence-corrected chi connectivity index (χ2v) is 4.13. The van der Waals surface area contributed by atoms with E-state index in [0.717, 1.165) is 4.88 Å². The highest BCUT2D eigenvalue weighted by Gasteiger charge is 2.16. The summed E-state index contributed by atoms with van der Waals surface area (Å²) in [5, 5.41) is 7.23. The number of amides is 2. The van der Waals surface area contributed by atoms with E-state index in [1.807, 2.05) is 17.5 Å². The standard InChI is InChI=1S/C10H14N2O2S/c1-7(13)12-8(6-10(14)11-2)9-4-3-5-15-9/h3-5,8H,6H2,1-2H3,(H,11,14)(H,12,13). The van der Waals surface area contributed by atoms with Crippen molar-refractivity contribution in [1.82, 2.24) is 10.6 Å². The van der Waals surface area contributed by atoms with Crippen molar-refractivity contribution in [2.45, 2.75) is 19.4 Å². The molecule has 1 atom stereocenters. The third kappa shape index (κ3) is 3.71. The average molecular weight is 226 g/mol. The summed E-state index contributed by atoms with van der Waals surface area (Å²) < 4.78 is 0. The van der Waals surface area contributed by atoms with E-state index >= 15 is 0 Å². The summed E-state index contributed by atoms with van der Waals surface area (Å²) in [6, 6.07) is 3.59. The molecule has 0 spiro atoms. The molecule has 0 aromatic carbocycles. The summed E-state index contributed by atoms with van der Waals surface area (Å²) in [5.41, 5.74) is 0. The highest BCUT2D eigenvalue weighted by molar-refractivity contribution is 7.10. The molecule has 0 aliphatic rings. The monoisotopic (exact) mass is 226 g/mol. The van der Waals surface area contributed by atoms with E-state index in [1.165, 1.54) is 18.3 Å². The van der Waals surface area contributed by atoms with E-state index in [4.69, 9.17) is 0 Å². The molecule has 1 unspecified atom stereocenters. The predicted octanol–water partition coefficient (Wildman–Crippen LogP) is 1.06. The van der Waals surface area contributed by atoms with Gasteiger partial charge in [-0.05, 0) is 11.4 Å². The molecule has 0 saturated heterocycles. The summed E-state index contributed by atoms with van der Waals surface area (Å²) in [7, 11) is 1.58. The number of rotatable bonds is 4. The van der Waals surface area contributed by atoms with Gasteiger partial charge in [-0.2, -0.15) is 0 Å². The van der Waals surface area contributed by atoms with Gasteiger partial charge in [-0.25, -0.2) is 0 Å². The van der Waals surface area contributed by atoms with Crippen molar-refractivity contribution >= 4 is 23.2 Å². The Kier molecular flexibility index (Phi) is 4.30. The third-order valence-electron chi connectivity index (χ3n) is 1.93. The van der Waals surface area contributed by atoms with Crippen molar-refractivity contribution in [2.75, 3.05) is 7.05 Å². The summed E-state index contributed by atoms with van der Waals surface area (Å²) in [6.07, 6.45) is 0.274. The zero-order valence-corrected chi connectivity index (χ0v) is 9.56. The first-order valence-electron chi connectivity index (χ1n) is 4.64. The smallest absolute Gasteiger partial charge is 0.222 e. The van der Waals surface area contributed by atoms with Crippen LogP contribution in [0.3, 0.4) is 0 Å². The molecular weight excluding hydrogens is 212 g/mol. The van der Waals surface area contributed by atoms with Gasteiger partial charge in [0.25, 0.3) is 0 Å². The molecule has 2 N–H and O–H groups in total. The normalized spacial score (nSPS) is 11.9. The minimum absolute atomic E-state index is 0.0813.